The van der Waals surface area contributed by atoms with Gasteiger partial charge in [0.2, 0.25) is 0 Å². The van der Waals surface area contributed by atoms with Gasteiger partial charge < -0.3 is 5.11 Å². The van der Waals surface area contributed by atoms with Gasteiger partial charge in [0.15, 0.2) is 0 Å². The molecular weight excluding hydrogens is 194 g/mol. The number of pyridine rings is 1. The molecule has 0 atom stereocenters. The van der Waals surface area contributed by atoms with E-state index in [1.165, 1.54) is 12.1 Å². The van der Waals surface area contributed by atoms with Crippen molar-refractivity contribution in [2.45, 2.75) is 6.92 Å². The van der Waals surface area contributed by atoms with Crippen molar-refractivity contribution < 1.29 is 9.90 Å². The fourth-order valence-electron chi connectivity index (χ4n) is 1.30. The topological polar surface area (TPSA) is 68.0 Å². The summed E-state index contributed by atoms with van der Waals surface area (Å²) in [4.78, 5) is 18.9. The third-order valence-electron chi connectivity index (χ3n) is 1.96. The van der Waals surface area contributed by atoms with Crippen molar-refractivity contribution >= 4 is 5.97 Å². The molecule has 5 heteroatoms. The van der Waals surface area contributed by atoms with Gasteiger partial charge in [-0.1, -0.05) is 0 Å². The van der Waals surface area contributed by atoms with Crippen molar-refractivity contribution in [2.75, 3.05) is 0 Å². The number of carboxylic acids is 1. The summed E-state index contributed by atoms with van der Waals surface area (Å²) in [5.41, 5.74) is 0.893. The summed E-state index contributed by atoms with van der Waals surface area (Å²) in [6.45, 7) is 1.76. The summed E-state index contributed by atoms with van der Waals surface area (Å²) >= 11 is 0. The number of aryl methyl sites for hydroxylation is 1. The minimum Gasteiger partial charge on any atom is -0.478 e. The predicted molar refractivity (Wildman–Crippen MR) is 53.1 cm³/mol. The van der Waals surface area contributed by atoms with E-state index in [2.05, 4.69) is 9.97 Å². The molecule has 0 fully saturated rings. The van der Waals surface area contributed by atoms with Gasteiger partial charge in [0.25, 0.3) is 0 Å². The van der Waals surface area contributed by atoms with E-state index in [9.17, 15) is 4.79 Å². The Bertz CT molecular complexity index is 491. The maximum absolute atomic E-state index is 10.8. The highest BCUT2D eigenvalue weighted by Crippen LogP contribution is 2.09. The molecule has 2 aromatic heterocycles. The lowest BCUT2D eigenvalue weighted by molar-refractivity contribution is 0.0696. The molecular formula is C10H9N3O2. The fourth-order valence-corrected chi connectivity index (χ4v) is 1.30. The van der Waals surface area contributed by atoms with Crippen molar-refractivity contribution in [3.8, 4) is 5.82 Å². The van der Waals surface area contributed by atoms with E-state index < -0.39 is 5.97 Å². The molecule has 76 valence electrons. The molecule has 5 nitrogen and oxygen atoms in total. The molecule has 0 bridgehead atoms. The molecule has 2 rings (SSSR count). The second-order valence-electron chi connectivity index (χ2n) is 3.13. The number of carbonyl (C=O) groups is 1. The van der Waals surface area contributed by atoms with E-state index in [0.717, 1.165) is 0 Å². The Kier molecular flexibility index (Phi) is 2.21. The molecule has 1 N–H and O–H groups in total. The predicted octanol–water partition coefficient (Wildman–Crippen LogP) is 1.27. The van der Waals surface area contributed by atoms with E-state index in [1.807, 2.05) is 0 Å². The number of aromatic carboxylic acids is 1. The van der Waals surface area contributed by atoms with E-state index in [-0.39, 0.29) is 5.56 Å². The van der Waals surface area contributed by atoms with Gasteiger partial charge in [0, 0.05) is 18.1 Å². The number of hydrogen-bond donors (Lipinski definition) is 1. The van der Waals surface area contributed by atoms with Crippen molar-refractivity contribution in [3.05, 3.63) is 42.1 Å². The van der Waals surface area contributed by atoms with Gasteiger partial charge in [-0.05, 0) is 19.1 Å². The van der Waals surface area contributed by atoms with E-state index in [0.29, 0.717) is 11.5 Å². The Hall–Kier alpha value is -2.17. The van der Waals surface area contributed by atoms with Crippen LogP contribution in [0, 0.1) is 6.92 Å². The smallest absolute Gasteiger partial charge is 0.335 e. The Morgan fingerprint density at radius 1 is 1.47 bits per heavy atom. The van der Waals surface area contributed by atoms with Gasteiger partial charge in [-0.15, -0.1) is 0 Å². The molecule has 0 amide bonds. The van der Waals surface area contributed by atoms with E-state index >= 15 is 0 Å². The van der Waals surface area contributed by atoms with Crippen molar-refractivity contribution in [1.29, 1.82) is 0 Å². The lowest BCUT2D eigenvalue weighted by Crippen LogP contribution is -2.03. The molecule has 0 aliphatic carbocycles. The van der Waals surface area contributed by atoms with Gasteiger partial charge in [0.1, 0.15) is 12.1 Å². The number of nitrogens with zero attached hydrogens (tertiary/aromatic N) is 3. The van der Waals surface area contributed by atoms with Gasteiger partial charge in [-0.25, -0.2) is 14.8 Å². The van der Waals surface area contributed by atoms with Crippen molar-refractivity contribution in [3.63, 3.8) is 0 Å². The second kappa shape index (κ2) is 3.53. The highest BCUT2D eigenvalue weighted by molar-refractivity contribution is 5.88. The van der Waals surface area contributed by atoms with Crippen LogP contribution in [0.25, 0.3) is 5.82 Å². The maximum Gasteiger partial charge on any atom is 0.335 e. The average molecular weight is 203 g/mol. The summed E-state index contributed by atoms with van der Waals surface area (Å²) in [5.74, 6) is -0.397. The summed E-state index contributed by atoms with van der Waals surface area (Å²) in [5, 5.41) is 8.88. The molecule has 2 aromatic rings. The first-order chi connectivity index (χ1) is 7.16. The van der Waals surface area contributed by atoms with Crippen LogP contribution < -0.4 is 0 Å². The molecule has 2 heterocycles. The molecule has 0 aliphatic rings. The zero-order chi connectivity index (χ0) is 10.8. The Morgan fingerprint density at radius 3 is 2.87 bits per heavy atom. The maximum atomic E-state index is 10.8. The second-order valence-corrected chi connectivity index (χ2v) is 3.13. The van der Waals surface area contributed by atoms with Crippen LogP contribution >= 0.6 is 0 Å². The average Bonchev–Trinajstić information content (AvgIpc) is 2.69. The van der Waals surface area contributed by atoms with Gasteiger partial charge >= 0.3 is 5.97 Å². The molecule has 0 saturated carbocycles. The Labute approximate surface area is 86.0 Å². The van der Waals surface area contributed by atoms with Crippen LogP contribution in [0.5, 0.6) is 0 Å². The number of rotatable bonds is 2. The molecule has 0 unspecified atom stereocenters. The zero-order valence-corrected chi connectivity index (χ0v) is 8.08. The molecule has 0 aromatic carbocycles. The zero-order valence-electron chi connectivity index (χ0n) is 8.08. The number of carboxylic acid groups (broad SMARTS) is 1. The SMILES string of the molecule is Cc1cc(C(=O)O)cc(-n2ccnc2)n1. The van der Waals surface area contributed by atoms with Crippen LogP contribution in [0.1, 0.15) is 16.1 Å². The van der Waals surface area contributed by atoms with Crippen molar-refractivity contribution in [2.24, 2.45) is 0 Å². The first-order valence-electron chi connectivity index (χ1n) is 4.37. The van der Waals surface area contributed by atoms with Crippen LogP contribution in [0.15, 0.2) is 30.9 Å². The minimum absolute atomic E-state index is 0.228. The molecule has 0 aliphatic heterocycles. The fraction of sp³-hybridized carbons (Fsp3) is 0.100. The van der Waals surface area contributed by atoms with Crippen LogP contribution in [0.3, 0.4) is 0 Å². The molecule has 0 saturated heterocycles. The standard InChI is InChI=1S/C10H9N3O2/c1-7-4-8(10(14)15)5-9(12-7)13-3-2-11-6-13/h2-6H,1H3,(H,14,15). The monoisotopic (exact) mass is 203 g/mol. The lowest BCUT2D eigenvalue weighted by atomic mass is 10.2. The van der Waals surface area contributed by atoms with Gasteiger partial charge in [-0.3, -0.25) is 4.57 Å². The van der Waals surface area contributed by atoms with Crippen LogP contribution in [0.4, 0.5) is 0 Å². The van der Waals surface area contributed by atoms with Crippen LogP contribution in [0.2, 0.25) is 0 Å². The van der Waals surface area contributed by atoms with Crippen molar-refractivity contribution in [1.82, 2.24) is 14.5 Å². The summed E-state index contributed by atoms with van der Waals surface area (Å²) in [7, 11) is 0. The Balaban J connectivity index is 2.54. The number of aromatic nitrogens is 3. The third kappa shape index (κ3) is 1.85. The number of hydrogen-bond acceptors (Lipinski definition) is 3. The highest BCUT2D eigenvalue weighted by Gasteiger charge is 2.07. The highest BCUT2D eigenvalue weighted by atomic mass is 16.4. The summed E-state index contributed by atoms with van der Waals surface area (Å²) in [6.07, 6.45) is 4.91. The summed E-state index contributed by atoms with van der Waals surface area (Å²) in [6, 6.07) is 3.04. The first-order valence-corrected chi connectivity index (χ1v) is 4.37. The van der Waals surface area contributed by atoms with Crippen LogP contribution in [-0.2, 0) is 0 Å². The first kappa shape index (κ1) is 9.39. The molecule has 0 spiro atoms. The minimum atomic E-state index is -0.957. The summed E-state index contributed by atoms with van der Waals surface area (Å²) < 4.78 is 1.67. The largest absolute Gasteiger partial charge is 0.478 e. The number of imidazole rings is 1. The van der Waals surface area contributed by atoms with Gasteiger partial charge in [0.05, 0.1) is 5.56 Å². The van der Waals surface area contributed by atoms with E-state index in [1.54, 1.807) is 30.2 Å². The molecule has 0 radical (unpaired) electrons. The van der Waals surface area contributed by atoms with Crippen LogP contribution in [-0.4, -0.2) is 25.6 Å². The quantitative estimate of drug-likeness (QED) is 0.798. The lowest BCUT2D eigenvalue weighted by Gasteiger charge is -2.04. The van der Waals surface area contributed by atoms with Gasteiger partial charge in [-0.2, -0.15) is 0 Å². The normalized spacial score (nSPS) is 10.2. The molecule has 15 heavy (non-hydrogen) atoms. The third-order valence-corrected chi connectivity index (χ3v) is 1.96. The Morgan fingerprint density at radius 2 is 2.27 bits per heavy atom. The van der Waals surface area contributed by atoms with E-state index in [4.69, 9.17) is 5.11 Å².